The monoisotopic (exact) mass is 477 g/mol. The van der Waals surface area contributed by atoms with Gasteiger partial charge in [0, 0.05) is 54.2 Å². The molecule has 0 spiro atoms. The van der Waals surface area contributed by atoms with Crippen molar-refractivity contribution in [2.75, 3.05) is 6.54 Å². The highest BCUT2D eigenvalue weighted by atomic mass is 35.5. The van der Waals surface area contributed by atoms with Gasteiger partial charge in [-0.3, -0.25) is 9.69 Å². The van der Waals surface area contributed by atoms with Crippen LogP contribution in [0.2, 0.25) is 4.47 Å². The van der Waals surface area contributed by atoms with Gasteiger partial charge in [0.1, 0.15) is 0 Å². The van der Waals surface area contributed by atoms with E-state index in [4.69, 9.17) is 16.0 Å². The summed E-state index contributed by atoms with van der Waals surface area (Å²) in [5, 5.41) is 1.22. The minimum atomic E-state index is -0.0967. The van der Waals surface area contributed by atoms with Crippen molar-refractivity contribution < 1.29 is 4.42 Å². The molecule has 33 heavy (non-hydrogen) atoms. The van der Waals surface area contributed by atoms with Gasteiger partial charge in [0.05, 0.1) is 24.1 Å². The van der Waals surface area contributed by atoms with Crippen molar-refractivity contribution in [3.63, 3.8) is 0 Å². The second-order valence-electron chi connectivity index (χ2n) is 8.16. The predicted octanol–water partition coefficient (Wildman–Crippen LogP) is 4.70. The lowest BCUT2D eigenvalue weighted by Crippen LogP contribution is -2.35. The molecule has 0 unspecified atom stereocenters. The van der Waals surface area contributed by atoms with Crippen molar-refractivity contribution in [3.05, 3.63) is 91.6 Å². The van der Waals surface area contributed by atoms with Gasteiger partial charge >= 0.3 is 0 Å². The fourth-order valence-electron chi connectivity index (χ4n) is 4.49. The topological polar surface area (TPSA) is 80.0 Å². The Balaban J connectivity index is 1.27. The highest BCUT2D eigenvalue weighted by Crippen LogP contribution is 2.27. The fourth-order valence-corrected chi connectivity index (χ4v) is 5.47. The van der Waals surface area contributed by atoms with E-state index in [1.165, 1.54) is 27.8 Å². The van der Waals surface area contributed by atoms with Gasteiger partial charge in [-0.25, -0.2) is 9.97 Å². The van der Waals surface area contributed by atoms with Crippen LogP contribution in [0.15, 0.2) is 64.3 Å². The van der Waals surface area contributed by atoms with E-state index in [1.807, 2.05) is 6.20 Å². The standard InChI is InChI=1S/C24H20ClN5O2S/c25-24-26-10-16(33-24)13-30-12-15(17-4-1-2-5-20(17)30)11-29-8-7-19-18(14-29)23(31)28-22(27-19)21-6-3-9-32-21/h1-6,9-10,12H,7-8,11,13-14H2,(H,27,28,31). The molecular formula is C24H20ClN5O2S. The summed E-state index contributed by atoms with van der Waals surface area (Å²) in [4.78, 5) is 27.9. The van der Waals surface area contributed by atoms with Gasteiger partial charge in [0.25, 0.3) is 5.56 Å². The first-order valence-corrected chi connectivity index (χ1v) is 11.9. The molecule has 1 aliphatic heterocycles. The minimum Gasteiger partial charge on any atom is -0.461 e. The number of H-pyrrole nitrogens is 1. The minimum absolute atomic E-state index is 0.0967. The van der Waals surface area contributed by atoms with E-state index in [2.05, 4.69) is 54.9 Å². The summed E-state index contributed by atoms with van der Waals surface area (Å²) in [5.41, 5.74) is 3.91. The van der Waals surface area contributed by atoms with E-state index < -0.39 is 0 Å². The molecule has 9 heteroatoms. The molecule has 1 N–H and O–H groups in total. The van der Waals surface area contributed by atoms with Crippen molar-refractivity contribution in [1.82, 2.24) is 24.4 Å². The molecule has 0 bridgehead atoms. The van der Waals surface area contributed by atoms with Crippen molar-refractivity contribution >= 4 is 33.8 Å². The summed E-state index contributed by atoms with van der Waals surface area (Å²) < 4.78 is 8.20. The van der Waals surface area contributed by atoms with Crippen molar-refractivity contribution in [1.29, 1.82) is 0 Å². The van der Waals surface area contributed by atoms with Gasteiger partial charge in [-0.1, -0.05) is 29.8 Å². The second kappa shape index (κ2) is 8.30. The Bertz CT molecular complexity index is 1500. The first-order chi connectivity index (χ1) is 16.1. The number of hydrogen-bond acceptors (Lipinski definition) is 6. The lowest BCUT2D eigenvalue weighted by molar-refractivity contribution is 0.242. The summed E-state index contributed by atoms with van der Waals surface area (Å²) in [6.07, 6.45) is 6.34. The normalized spacial score (nSPS) is 14.1. The smallest absolute Gasteiger partial charge is 0.256 e. The quantitative estimate of drug-likeness (QED) is 0.397. The number of furan rings is 1. The molecule has 0 aliphatic carbocycles. The number of aromatic nitrogens is 4. The van der Waals surface area contributed by atoms with Crippen LogP contribution in [0, 0.1) is 0 Å². The van der Waals surface area contributed by atoms with Crippen LogP contribution in [0.3, 0.4) is 0 Å². The summed E-state index contributed by atoms with van der Waals surface area (Å²) >= 11 is 7.53. The first-order valence-electron chi connectivity index (χ1n) is 10.7. The van der Waals surface area contributed by atoms with Crippen LogP contribution in [0.5, 0.6) is 0 Å². The highest BCUT2D eigenvalue weighted by molar-refractivity contribution is 7.15. The highest BCUT2D eigenvalue weighted by Gasteiger charge is 2.23. The molecule has 0 amide bonds. The molecule has 5 aromatic rings. The molecule has 1 aliphatic rings. The van der Waals surface area contributed by atoms with Gasteiger partial charge < -0.3 is 14.0 Å². The van der Waals surface area contributed by atoms with E-state index in [9.17, 15) is 4.79 Å². The SMILES string of the molecule is O=c1[nH]c(-c2ccco2)nc2c1CN(Cc1cn(Cc3cnc(Cl)s3)c3ccccc13)CC2. The number of para-hydroxylation sites is 1. The average molecular weight is 478 g/mol. The van der Waals surface area contributed by atoms with Gasteiger partial charge in [0.2, 0.25) is 0 Å². The van der Waals surface area contributed by atoms with E-state index in [-0.39, 0.29) is 5.56 Å². The predicted molar refractivity (Wildman–Crippen MR) is 129 cm³/mol. The van der Waals surface area contributed by atoms with Crippen LogP contribution in [-0.4, -0.2) is 31.0 Å². The van der Waals surface area contributed by atoms with E-state index >= 15 is 0 Å². The molecule has 0 radical (unpaired) electrons. The van der Waals surface area contributed by atoms with Crippen LogP contribution in [0.25, 0.3) is 22.5 Å². The van der Waals surface area contributed by atoms with Gasteiger partial charge in [-0.15, -0.1) is 11.3 Å². The Morgan fingerprint density at radius 2 is 2.09 bits per heavy atom. The number of aromatic amines is 1. The summed E-state index contributed by atoms with van der Waals surface area (Å²) in [7, 11) is 0. The van der Waals surface area contributed by atoms with E-state index in [1.54, 1.807) is 18.4 Å². The zero-order valence-electron chi connectivity index (χ0n) is 17.6. The number of nitrogens with zero attached hydrogens (tertiary/aromatic N) is 4. The molecule has 0 atom stereocenters. The molecule has 6 rings (SSSR count). The van der Waals surface area contributed by atoms with Crippen LogP contribution >= 0.6 is 22.9 Å². The number of hydrogen-bond donors (Lipinski definition) is 1. The molecule has 1 aromatic carbocycles. The van der Waals surface area contributed by atoms with Crippen LogP contribution in [-0.2, 0) is 26.1 Å². The molecule has 0 fully saturated rings. The van der Waals surface area contributed by atoms with Crippen molar-refractivity contribution in [2.45, 2.75) is 26.1 Å². The van der Waals surface area contributed by atoms with Crippen LogP contribution < -0.4 is 5.56 Å². The van der Waals surface area contributed by atoms with Crippen molar-refractivity contribution in [2.24, 2.45) is 0 Å². The molecule has 4 aromatic heterocycles. The summed E-state index contributed by atoms with van der Waals surface area (Å²) in [5.74, 6) is 1.07. The number of thiazole rings is 1. The third-order valence-corrected chi connectivity index (χ3v) is 7.12. The molecule has 7 nitrogen and oxygen atoms in total. The molecule has 0 saturated heterocycles. The summed E-state index contributed by atoms with van der Waals surface area (Å²) in [6, 6.07) is 12.0. The maximum Gasteiger partial charge on any atom is 0.256 e. The zero-order valence-corrected chi connectivity index (χ0v) is 19.2. The largest absolute Gasteiger partial charge is 0.461 e. The number of benzene rings is 1. The third kappa shape index (κ3) is 3.90. The van der Waals surface area contributed by atoms with Gasteiger partial charge in [0.15, 0.2) is 16.1 Å². The molecule has 5 heterocycles. The van der Waals surface area contributed by atoms with Crippen molar-refractivity contribution in [3.8, 4) is 11.6 Å². The Morgan fingerprint density at radius 1 is 1.18 bits per heavy atom. The first kappa shape index (κ1) is 20.4. The van der Waals surface area contributed by atoms with Crippen LogP contribution in [0.1, 0.15) is 21.7 Å². The number of fused-ring (bicyclic) bond motifs is 2. The summed E-state index contributed by atoms with van der Waals surface area (Å²) in [6.45, 7) is 2.90. The maximum atomic E-state index is 12.8. The molecular weight excluding hydrogens is 458 g/mol. The Kier molecular flexibility index (Phi) is 5.13. The fraction of sp³-hybridized carbons (Fsp3) is 0.208. The number of nitrogens with one attached hydrogen (secondary N) is 1. The molecule has 166 valence electrons. The van der Waals surface area contributed by atoms with Gasteiger partial charge in [-0.05, 0) is 23.8 Å². The molecule has 0 saturated carbocycles. The Hall–Kier alpha value is -3.20. The Morgan fingerprint density at radius 3 is 2.91 bits per heavy atom. The van der Waals surface area contributed by atoms with Gasteiger partial charge in [-0.2, -0.15) is 0 Å². The van der Waals surface area contributed by atoms with Crippen LogP contribution in [0.4, 0.5) is 0 Å². The average Bonchev–Trinajstić information content (AvgIpc) is 3.56. The Labute approximate surface area is 198 Å². The zero-order chi connectivity index (χ0) is 22.4. The lowest BCUT2D eigenvalue weighted by Gasteiger charge is -2.27. The lowest BCUT2D eigenvalue weighted by atomic mass is 10.1. The maximum absolute atomic E-state index is 12.8. The number of halogens is 1. The number of rotatable bonds is 5. The second-order valence-corrected chi connectivity index (χ2v) is 9.85. The third-order valence-electron chi connectivity index (χ3n) is 6.02. The van der Waals surface area contributed by atoms with E-state index in [0.717, 1.165) is 42.2 Å². The van der Waals surface area contributed by atoms with E-state index in [0.29, 0.717) is 22.6 Å².